The van der Waals surface area contributed by atoms with Gasteiger partial charge in [0, 0.05) is 26.7 Å². The zero-order valence-corrected chi connectivity index (χ0v) is 8.23. The van der Waals surface area contributed by atoms with E-state index in [0.717, 1.165) is 0 Å². The summed E-state index contributed by atoms with van der Waals surface area (Å²) in [4.78, 5) is 11.0. The van der Waals surface area contributed by atoms with Gasteiger partial charge >= 0.3 is 6.03 Å². The van der Waals surface area contributed by atoms with E-state index in [4.69, 9.17) is 4.74 Å². The standard InChI is InChI=1S/C8H16FN3O2/c1-14-3-2-11-7(13)12-6-8(9)4-10-5-8/h10H,2-6H2,1H3,(H2,11,12,13). The third-order valence-corrected chi connectivity index (χ3v) is 2.04. The number of nitrogens with one attached hydrogen (secondary N) is 3. The molecule has 14 heavy (non-hydrogen) atoms. The number of hydrogen-bond acceptors (Lipinski definition) is 3. The van der Waals surface area contributed by atoms with Gasteiger partial charge in [-0.3, -0.25) is 0 Å². The molecular formula is C8H16FN3O2. The maximum absolute atomic E-state index is 13.3. The molecule has 1 aliphatic rings. The number of alkyl halides is 1. The first kappa shape index (κ1) is 11.2. The second-order valence-electron chi connectivity index (χ2n) is 3.36. The Morgan fingerprint density at radius 1 is 1.57 bits per heavy atom. The molecule has 1 fully saturated rings. The van der Waals surface area contributed by atoms with Gasteiger partial charge in [-0.1, -0.05) is 0 Å². The predicted molar refractivity (Wildman–Crippen MR) is 50.0 cm³/mol. The number of carbonyl (C=O) groups excluding carboxylic acids is 1. The van der Waals surface area contributed by atoms with Crippen LogP contribution in [-0.2, 0) is 4.74 Å². The molecule has 2 amide bonds. The molecule has 0 aliphatic carbocycles. The summed E-state index contributed by atoms with van der Waals surface area (Å²) in [6.07, 6.45) is 0. The molecule has 0 aromatic rings. The van der Waals surface area contributed by atoms with Gasteiger partial charge in [-0.25, -0.2) is 9.18 Å². The van der Waals surface area contributed by atoms with Gasteiger partial charge in [-0.2, -0.15) is 0 Å². The number of carbonyl (C=O) groups is 1. The first-order valence-corrected chi connectivity index (χ1v) is 4.56. The van der Waals surface area contributed by atoms with Gasteiger partial charge in [0.15, 0.2) is 5.67 Å². The van der Waals surface area contributed by atoms with Gasteiger partial charge in [0.1, 0.15) is 0 Å². The molecule has 0 bridgehead atoms. The van der Waals surface area contributed by atoms with Crippen molar-refractivity contribution in [1.29, 1.82) is 0 Å². The summed E-state index contributed by atoms with van der Waals surface area (Å²) in [7, 11) is 1.55. The maximum Gasteiger partial charge on any atom is 0.314 e. The summed E-state index contributed by atoms with van der Waals surface area (Å²) < 4.78 is 18.1. The molecule has 3 N–H and O–H groups in total. The summed E-state index contributed by atoms with van der Waals surface area (Å²) in [5.74, 6) is 0. The Morgan fingerprint density at radius 3 is 2.79 bits per heavy atom. The average molecular weight is 205 g/mol. The van der Waals surface area contributed by atoms with E-state index in [1.807, 2.05) is 0 Å². The van der Waals surface area contributed by atoms with Gasteiger partial charge in [0.2, 0.25) is 0 Å². The van der Waals surface area contributed by atoms with Crippen molar-refractivity contribution in [1.82, 2.24) is 16.0 Å². The number of halogens is 1. The highest BCUT2D eigenvalue weighted by atomic mass is 19.1. The van der Waals surface area contributed by atoms with Crippen LogP contribution in [-0.4, -0.2) is 51.6 Å². The molecule has 0 radical (unpaired) electrons. The van der Waals surface area contributed by atoms with Gasteiger partial charge in [0.05, 0.1) is 13.2 Å². The molecule has 1 saturated heterocycles. The smallest absolute Gasteiger partial charge is 0.314 e. The molecule has 82 valence electrons. The Kier molecular flexibility index (Phi) is 4.09. The average Bonchev–Trinajstić information content (AvgIpc) is 2.12. The van der Waals surface area contributed by atoms with Crippen LogP contribution in [0.4, 0.5) is 9.18 Å². The lowest BCUT2D eigenvalue weighted by Gasteiger charge is -2.34. The summed E-state index contributed by atoms with van der Waals surface area (Å²) in [5.41, 5.74) is -1.27. The van der Waals surface area contributed by atoms with Crippen LogP contribution in [0, 0.1) is 0 Å². The second-order valence-corrected chi connectivity index (χ2v) is 3.36. The molecule has 6 heteroatoms. The molecule has 0 spiro atoms. The number of rotatable bonds is 5. The first-order chi connectivity index (χ1) is 6.66. The maximum atomic E-state index is 13.3. The lowest BCUT2D eigenvalue weighted by Crippen LogP contribution is -2.62. The molecule has 1 rings (SSSR count). The van der Waals surface area contributed by atoms with E-state index in [-0.39, 0.29) is 12.6 Å². The summed E-state index contributed by atoms with van der Waals surface area (Å²) in [5, 5.41) is 7.82. The molecule has 0 aromatic carbocycles. The minimum atomic E-state index is -1.27. The van der Waals surface area contributed by atoms with Gasteiger partial charge in [0.25, 0.3) is 0 Å². The van der Waals surface area contributed by atoms with Crippen LogP contribution in [0.15, 0.2) is 0 Å². The Labute approximate surface area is 82.4 Å². The lowest BCUT2D eigenvalue weighted by molar-refractivity contribution is 0.0917. The Morgan fingerprint density at radius 2 is 2.29 bits per heavy atom. The quantitative estimate of drug-likeness (QED) is 0.517. The zero-order valence-electron chi connectivity index (χ0n) is 8.23. The molecule has 0 atom stereocenters. The van der Waals surface area contributed by atoms with E-state index < -0.39 is 5.67 Å². The Hall–Kier alpha value is -0.880. The van der Waals surface area contributed by atoms with E-state index in [1.54, 1.807) is 7.11 Å². The van der Waals surface area contributed by atoms with Gasteiger partial charge < -0.3 is 20.7 Å². The van der Waals surface area contributed by atoms with Crippen molar-refractivity contribution in [3.05, 3.63) is 0 Å². The Bertz CT molecular complexity index is 197. The molecule has 0 aromatic heterocycles. The van der Waals surface area contributed by atoms with E-state index in [2.05, 4.69) is 16.0 Å². The third-order valence-electron chi connectivity index (χ3n) is 2.04. The number of ether oxygens (including phenoxy) is 1. The molecule has 0 saturated carbocycles. The van der Waals surface area contributed by atoms with Crippen LogP contribution in [0.1, 0.15) is 0 Å². The van der Waals surface area contributed by atoms with Crippen LogP contribution in [0.3, 0.4) is 0 Å². The lowest BCUT2D eigenvalue weighted by atomic mass is 10.00. The number of amides is 2. The normalized spacial score (nSPS) is 18.4. The van der Waals surface area contributed by atoms with E-state index in [0.29, 0.717) is 26.2 Å². The highest BCUT2D eigenvalue weighted by molar-refractivity contribution is 5.73. The summed E-state index contributed by atoms with van der Waals surface area (Å²) >= 11 is 0. The summed E-state index contributed by atoms with van der Waals surface area (Å²) in [6, 6.07) is -0.356. The van der Waals surface area contributed by atoms with Crippen LogP contribution in [0.25, 0.3) is 0 Å². The van der Waals surface area contributed by atoms with Gasteiger partial charge in [-0.05, 0) is 0 Å². The topological polar surface area (TPSA) is 62.4 Å². The SMILES string of the molecule is COCCNC(=O)NCC1(F)CNC1. The third kappa shape index (κ3) is 3.47. The van der Waals surface area contributed by atoms with Crippen molar-refractivity contribution in [2.75, 3.05) is 39.9 Å². The van der Waals surface area contributed by atoms with E-state index >= 15 is 0 Å². The van der Waals surface area contributed by atoms with Crippen molar-refractivity contribution in [3.8, 4) is 0 Å². The molecular weight excluding hydrogens is 189 g/mol. The highest BCUT2D eigenvalue weighted by Crippen LogP contribution is 2.14. The Balaban J connectivity index is 2.03. The fourth-order valence-electron chi connectivity index (χ4n) is 1.09. The zero-order chi connectivity index (χ0) is 10.4. The fraction of sp³-hybridized carbons (Fsp3) is 0.875. The second kappa shape index (κ2) is 5.11. The summed E-state index contributed by atoms with van der Waals surface area (Å²) in [6.45, 7) is 1.56. The van der Waals surface area contributed by atoms with Crippen LogP contribution in [0.5, 0.6) is 0 Å². The molecule has 0 unspecified atom stereocenters. The molecule has 5 nitrogen and oxygen atoms in total. The minimum absolute atomic E-state index is 0.0544. The van der Waals surface area contributed by atoms with Crippen molar-refractivity contribution in [3.63, 3.8) is 0 Å². The number of methoxy groups -OCH3 is 1. The van der Waals surface area contributed by atoms with Crippen LogP contribution >= 0.6 is 0 Å². The van der Waals surface area contributed by atoms with E-state index in [9.17, 15) is 9.18 Å². The largest absolute Gasteiger partial charge is 0.383 e. The van der Waals surface area contributed by atoms with Gasteiger partial charge in [-0.15, -0.1) is 0 Å². The monoisotopic (exact) mass is 205 g/mol. The number of hydrogen-bond donors (Lipinski definition) is 3. The van der Waals surface area contributed by atoms with Crippen molar-refractivity contribution in [2.24, 2.45) is 0 Å². The predicted octanol–water partition coefficient (Wildman–Crippen LogP) is -0.756. The van der Waals surface area contributed by atoms with Crippen molar-refractivity contribution < 1.29 is 13.9 Å². The fourth-order valence-corrected chi connectivity index (χ4v) is 1.09. The first-order valence-electron chi connectivity index (χ1n) is 4.56. The van der Waals surface area contributed by atoms with Crippen molar-refractivity contribution >= 4 is 6.03 Å². The molecule has 1 heterocycles. The number of urea groups is 1. The van der Waals surface area contributed by atoms with E-state index in [1.165, 1.54) is 0 Å². The highest BCUT2D eigenvalue weighted by Gasteiger charge is 2.36. The molecule has 1 aliphatic heterocycles. The van der Waals surface area contributed by atoms with Crippen LogP contribution < -0.4 is 16.0 Å². The van der Waals surface area contributed by atoms with Crippen LogP contribution in [0.2, 0.25) is 0 Å². The van der Waals surface area contributed by atoms with Crippen molar-refractivity contribution in [2.45, 2.75) is 5.67 Å². The minimum Gasteiger partial charge on any atom is -0.383 e.